The molecule has 1 atom stereocenters. The van der Waals surface area contributed by atoms with Crippen molar-refractivity contribution in [2.75, 3.05) is 19.7 Å². The molecule has 0 fully saturated rings. The second-order valence-electron chi connectivity index (χ2n) is 6.23. The molecular weight excluding hydrogens is 268 g/mol. The molecule has 116 valence electrons. The molecule has 0 bridgehead atoms. The van der Waals surface area contributed by atoms with Gasteiger partial charge in [0, 0.05) is 18.5 Å². The minimum Gasteiger partial charge on any atom is -0.486 e. The maximum atomic E-state index is 11.8. The number of benzene rings is 1. The average molecular weight is 292 g/mol. The molecule has 0 aromatic heterocycles. The SMILES string of the molecule is CC(C)(C)NCCC(=O)NCC1COc2ccccc2O1. The van der Waals surface area contributed by atoms with Crippen molar-refractivity contribution < 1.29 is 14.3 Å². The molecule has 0 radical (unpaired) electrons. The molecule has 1 amide bonds. The summed E-state index contributed by atoms with van der Waals surface area (Å²) in [4.78, 5) is 11.8. The standard InChI is InChI=1S/C16H24N2O3/c1-16(2,3)18-9-8-15(19)17-10-12-11-20-13-6-4-5-7-14(13)21-12/h4-7,12,18H,8-11H2,1-3H3,(H,17,19). The highest BCUT2D eigenvalue weighted by Gasteiger charge is 2.21. The number of carbonyl (C=O) groups is 1. The van der Waals surface area contributed by atoms with Crippen molar-refractivity contribution in [3.05, 3.63) is 24.3 Å². The van der Waals surface area contributed by atoms with Crippen LogP contribution in [0.3, 0.4) is 0 Å². The van der Waals surface area contributed by atoms with Crippen molar-refractivity contribution in [1.82, 2.24) is 10.6 Å². The molecule has 1 aromatic carbocycles. The largest absolute Gasteiger partial charge is 0.486 e. The quantitative estimate of drug-likeness (QED) is 0.867. The van der Waals surface area contributed by atoms with Crippen LogP contribution in [0, 0.1) is 0 Å². The van der Waals surface area contributed by atoms with Crippen LogP contribution in [0.1, 0.15) is 27.2 Å². The van der Waals surface area contributed by atoms with Crippen LogP contribution in [-0.4, -0.2) is 37.2 Å². The van der Waals surface area contributed by atoms with Crippen LogP contribution in [0.4, 0.5) is 0 Å². The Morgan fingerprint density at radius 1 is 1.29 bits per heavy atom. The third-order valence-corrected chi connectivity index (χ3v) is 3.10. The zero-order chi connectivity index (χ0) is 15.3. The van der Waals surface area contributed by atoms with E-state index in [0.29, 0.717) is 26.1 Å². The third-order valence-electron chi connectivity index (χ3n) is 3.10. The van der Waals surface area contributed by atoms with Gasteiger partial charge in [-0.15, -0.1) is 0 Å². The molecule has 0 aliphatic carbocycles. The maximum Gasteiger partial charge on any atom is 0.221 e. The van der Waals surface area contributed by atoms with E-state index in [4.69, 9.17) is 9.47 Å². The number of ether oxygens (including phenoxy) is 2. The van der Waals surface area contributed by atoms with Gasteiger partial charge in [0.15, 0.2) is 11.5 Å². The van der Waals surface area contributed by atoms with Crippen molar-refractivity contribution in [2.24, 2.45) is 0 Å². The molecule has 0 saturated heterocycles. The summed E-state index contributed by atoms with van der Waals surface area (Å²) in [6, 6.07) is 7.56. The van der Waals surface area contributed by atoms with Gasteiger partial charge < -0.3 is 20.1 Å². The first-order chi connectivity index (χ1) is 9.94. The predicted octanol–water partition coefficient (Wildman–Crippen LogP) is 1.72. The number of fused-ring (bicyclic) bond motifs is 1. The fraction of sp³-hybridized carbons (Fsp3) is 0.562. The summed E-state index contributed by atoms with van der Waals surface area (Å²) < 4.78 is 11.4. The molecular formula is C16H24N2O3. The lowest BCUT2D eigenvalue weighted by Gasteiger charge is -2.26. The molecule has 1 unspecified atom stereocenters. The Labute approximate surface area is 126 Å². The first-order valence-electron chi connectivity index (χ1n) is 7.34. The second kappa shape index (κ2) is 6.80. The van der Waals surface area contributed by atoms with Gasteiger partial charge in [-0.1, -0.05) is 12.1 Å². The number of carbonyl (C=O) groups excluding carboxylic acids is 1. The van der Waals surface area contributed by atoms with E-state index in [1.54, 1.807) is 0 Å². The van der Waals surface area contributed by atoms with Gasteiger partial charge in [-0.05, 0) is 32.9 Å². The van der Waals surface area contributed by atoms with E-state index in [0.717, 1.165) is 11.5 Å². The van der Waals surface area contributed by atoms with Gasteiger partial charge in [0.2, 0.25) is 5.91 Å². The van der Waals surface area contributed by atoms with Crippen LogP contribution in [0.25, 0.3) is 0 Å². The molecule has 2 N–H and O–H groups in total. The molecule has 1 heterocycles. The van der Waals surface area contributed by atoms with Gasteiger partial charge in [-0.2, -0.15) is 0 Å². The molecule has 5 nitrogen and oxygen atoms in total. The maximum absolute atomic E-state index is 11.8. The van der Waals surface area contributed by atoms with Crippen LogP contribution in [-0.2, 0) is 4.79 Å². The highest BCUT2D eigenvalue weighted by Crippen LogP contribution is 2.30. The molecule has 21 heavy (non-hydrogen) atoms. The van der Waals surface area contributed by atoms with Crippen molar-refractivity contribution in [3.8, 4) is 11.5 Å². The molecule has 0 saturated carbocycles. The summed E-state index contributed by atoms with van der Waals surface area (Å²) >= 11 is 0. The van der Waals surface area contributed by atoms with Gasteiger partial charge in [-0.25, -0.2) is 0 Å². The van der Waals surface area contributed by atoms with E-state index in [1.807, 2.05) is 24.3 Å². The number of amides is 1. The Hall–Kier alpha value is -1.75. The molecule has 2 rings (SSSR count). The third kappa shape index (κ3) is 5.27. The highest BCUT2D eigenvalue weighted by atomic mass is 16.6. The molecule has 1 aromatic rings. The lowest BCUT2D eigenvalue weighted by molar-refractivity contribution is -0.121. The van der Waals surface area contributed by atoms with E-state index >= 15 is 0 Å². The van der Waals surface area contributed by atoms with Crippen molar-refractivity contribution in [1.29, 1.82) is 0 Å². The highest BCUT2D eigenvalue weighted by molar-refractivity contribution is 5.76. The molecule has 5 heteroatoms. The number of rotatable bonds is 5. The zero-order valence-corrected chi connectivity index (χ0v) is 12.9. The van der Waals surface area contributed by atoms with Gasteiger partial charge in [0.25, 0.3) is 0 Å². The monoisotopic (exact) mass is 292 g/mol. The minimum absolute atomic E-state index is 0.0224. The van der Waals surface area contributed by atoms with Gasteiger partial charge in [0.05, 0.1) is 6.54 Å². The topological polar surface area (TPSA) is 59.6 Å². The summed E-state index contributed by atoms with van der Waals surface area (Å²) in [5.41, 5.74) is 0.0321. The smallest absolute Gasteiger partial charge is 0.221 e. The number of nitrogens with one attached hydrogen (secondary N) is 2. The van der Waals surface area contributed by atoms with E-state index in [1.165, 1.54) is 0 Å². The van der Waals surface area contributed by atoms with E-state index < -0.39 is 0 Å². The lowest BCUT2D eigenvalue weighted by Crippen LogP contribution is -2.42. The number of para-hydroxylation sites is 2. The summed E-state index contributed by atoms with van der Waals surface area (Å²) in [5.74, 6) is 1.51. The summed E-state index contributed by atoms with van der Waals surface area (Å²) in [5, 5.41) is 6.17. The van der Waals surface area contributed by atoms with Crippen LogP contribution in [0.5, 0.6) is 11.5 Å². The second-order valence-corrected chi connectivity index (χ2v) is 6.23. The van der Waals surface area contributed by atoms with Crippen molar-refractivity contribution >= 4 is 5.91 Å². The first kappa shape index (κ1) is 15.6. The van der Waals surface area contributed by atoms with E-state index in [-0.39, 0.29) is 17.6 Å². The molecule has 1 aliphatic rings. The zero-order valence-electron chi connectivity index (χ0n) is 12.9. The summed E-state index contributed by atoms with van der Waals surface area (Å²) in [6.45, 7) is 7.82. The Bertz CT molecular complexity index is 483. The van der Waals surface area contributed by atoms with E-state index in [9.17, 15) is 4.79 Å². The van der Waals surface area contributed by atoms with Crippen molar-refractivity contribution in [3.63, 3.8) is 0 Å². The normalized spacial score (nSPS) is 17.4. The number of hydrogen-bond acceptors (Lipinski definition) is 4. The fourth-order valence-corrected chi connectivity index (χ4v) is 2.03. The lowest BCUT2D eigenvalue weighted by atomic mass is 10.1. The predicted molar refractivity (Wildman–Crippen MR) is 81.7 cm³/mol. The number of hydrogen-bond donors (Lipinski definition) is 2. The Kier molecular flexibility index (Phi) is 5.07. The summed E-state index contributed by atoms with van der Waals surface area (Å²) in [6.07, 6.45) is 0.320. The van der Waals surface area contributed by atoms with Crippen LogP contribution >= 0.6 is 0 Å². The van der Waals surface area contributed by atoms with Crippen LogP contribution in [0.2, 0.25) is 0 Å². The van der Waals surface area contributed by atoms with Gasteiger partial charge in [-0.3, -0.25) is 4.79 Å². The summed E-state index contributed by atoms with van der Waals surface area (Å²) in [7, 11) is 0. The van der Waals surface area contributed by atoms with Crippen molar-refractivity contribution in [2.45, 2.75) is 38.8 Å². The van der Waals surface area contributed by atoms with Crippen LogP contribution in [0.15, 0.2) is 24.3 Å². The average Bonchev–Trinajstić information content (AvgIpc) is 2.43. The Morgan fingerprint density at radius 2 is 2.00 bits per heavy atom. The van der Waals surface area contributed by atoms with Crippen LogP contribution < -0.4 is 20.1 Å². The van der Waals surface area contributed by atoms with Gasteiger partial charge in [0.1, 0.15) is 12.7 Å². The van der Waals surface area contributed by atoms with Gasteiger partial charge >= 0.3 is 0 Å². The Morgan fingerprint density at radius 3 is 2.71 bits per heavy atom. The first-order valence-corrected chi connectivity index (χ1v) is 7.34. The minimum atomic E-state index is -0.139. The van der Waals surface area contributed by atoms with E-state index in [2.05, 4.69) is 31.4 Å². The Balaban J connectivity index is 1.69. The molecule has 1 aliphatic heterocycles. The molecule has 0 spiro atoms. The fourth-order valence-electron chi connectivity index (χ4n) is 2.03.